The van der Waals surface area contributed by atoms with Gasteiger partial charge in [-0.05, 0) is 64.1 Å². The molecule has 0 unspecified atom stereocenters. The molecule has 0 N–H and O–H groups in total. The number of fused-ring (bicyclic) bond motifs is 1. The second-order valence-electron chi connectivity index (χ2n) is 11.3. The van der Waals surface area contributed by atoms with Gasteiger partial charge in [-0.15, -0.1) is 0 Å². The molecule has 0 radical (unpaired) electrons. The van der Waals surface area contributed by atoms with E-state index in [2.05, 4.69) is 50.3 Å². The van der Waals surface area contributed by atoms with Crippen molar-refractivity contribution in [1.82, 2.24) is 4.90 Å². The van der Waals surface area contributed by atoms with Crippen LogP contribution in [-0.4, -0.2) is 77.0 Å². The minimum absolute atomic E-state index is 0.0197. The Morgan fingerprint density at radius 3 is 2.25 bits per heavy atom. The fraction of sp³-hybridized carbons (Fsp3) is 0.826. The molecule has 32 heavy (non-hydrogen) atoms. The lowest BCUT2D eigenvalue weighted by atomic mass is 9.85. The first-order valence-corrected chi connectivity index (χ1v) is 18.5. The molecule has 2 heterocycles. The van der Waals surface area contributed by atoms with Crippen LogP contribution in [0.25, 0.3) is 0 Å². The predicted molar refractivity (Wildman–Crippen MR) is 130 cm³/mol. The molecule has 2 rings (SSSR count). The molecule has 0 aliphatic carbocycles. The first-order chi connectivity index (χ1) is 14.6. The van der Waals surface area contributed by atoms with E-state index in [1.807, 2.05) is 20.8 Å². The number of esters is 2. The Bertz CT molecular complexity index is 727. The molecular formula is C23H43NO6Si2. The van der Waals surface area contributed by atoms with E-state index >= 15 is 0 Å². The normalized spacial score (nSPS) is 24.7. The van der Waals surface area contributed by atoms with Crippen molar-refractivity contribution in [3.05, 3.63) is 11.6 Å². The van der Waals surface area contributed by atoms with E-state index in [0.29, 0.717) is 0 Å². The Hall–Kier alpha value is -1.01. The molecule has 7 nitrogen and oxygen atoms in total. The quantitative estimate of drug-likeness (QED) is 0.263. The van der Waals surface area contributed by atoms with Crippen molar-refractivity contribution in [2.75, 3.05) is 19.7 Å². The molecule has 0 aromatic carbocycles. The van der Waals surface area contributed by atoms with E-state index in [1.54, 1.807) is 0 Å². The van der Waals surface area contributed by atoms with Crippen LogP contribution >= 0.6 is 0 Å². The summed E-state index contributed by atoms with van der Waals surface area (Å²) in [4.78, 5) is 27.5. The highest BCUT2D eigenvalue weighted by atomic mass is 28.4. The van der Waals surface area contributed by atoms with Crippen LogP contribution in [0.2, 0.25) is 39.3 Å². The molecule has 0 amide bonds. The first kappa shape index (κ1) is 27.2. The average molecular weight is 486 g/mol. The van der Waals surface area contributed by atoms with Gasteiger partial charge in [-0.2, -0.15) is 0 Å². The van der Waals surface area contributed by atoms with E-state index in [-0.39, 0.29) is 36.6 Å². The average Bonchev–Trinajstić information content (AvgIpc) is 3.17. The molecule has 0 aromatic rings. The van der Waals surface area contributed by atoms with Gasteiger partial charge in [0.25, 0.3) is 0 Å². The van der Waals surface area contributed by atoms with Gasteiger partial charge in [0.05, 0.1) is 12.1 Å². The van der Waals surface area contributed by atoms with Crippen molar-refractivity contribution in [3.63, 3.8) is 0 Å². The maximum absolute atomic E-state index is 13.7. The summed E-state index contributed by atoms with van der Waals surface area (Å²) in [7, 11) is -4.04. The molecule has 0 spiro atoms. The van der Waals surface area contributed by atoms with Crippen LogP contribution in [0.3, 0.4) is 0 Å². The summed E-state index contributed by atoms with van der Waals surface area (Å²) in [6, 6.07) is -0.0197. The lowest BCUT2D eigenvalue weighted by Gasteiger charge is -2.45. The third-order valence-corrected chi connectivity index (χ3v) is 7.90. The summed E-state index contributed by atoms with van der Waals surface area (Å²) in [5, 5.41) is 0. The van der Waals surface area contributed by atoms with Crippen molar-refractivity contribution in [1.29, 1.82) is 0 Å². The molecule has 4 atom stereocenters. The van der Waals surface area contributed by atoms with Crippen LogP contribution in [0.4, 0.5) is 0 Å². The second-order valence-corrected chi connectivity index (χ2v) is 20.2. The van der Waals surface area contributed by atoms with Crippen LogP contribution in [0.15, 0.2) is 11.6 Å². The summed E-state index contributed by atoms with van der Waals surface area (Å²) < 4.78 is 24.5. The molecule has 0 aromatic heterocycles. The van der Waals surface area contributed by atoms with Crippen LogP contribution in [0.1, 0.15) is 34.1 Å². The van der Waals surface area contributed by atoms with Gasteiger partial charge in [0.2, 0.25) is 0 Å². The number of ether oxygens (including phenoxy) is 2. The number of carbonyl (C=O) groups is 2. The van der Waals surface area contributed by atoms with Crippen molar-refractivity contribution < 1.29 is 27.9 Å². The van der Waals surface area contributed by atoms with E-state index < -0.39 is 28.3 Å². The summed E-state index contributed by atoms with van der Waals surface area (Å²) in [6.45, 7) is 21.8. The first-order valence-electron chi connectivity index (χ1n) is 11.7. The number of carbonyl (C=O) groups excluding carboxylic acids is 2. The number of rotatable bonds is 10. The fourth-order valence-electron chi connectivity index (χ4n) is 4.84. The van der Waals surface area contributed by atoms with Crippen LogP contribution in [0.5, 0.6) is 0 Å². The third-order valence-electron chi connectivity index (χ3n) is 5.89. The van der Waals surface area contributed by atoms with Crippen LogP contribution in [0, 0.1) is 5.92 Å². The van der Waals surface area contributed by atoms with Gasteiger partial charge in [0.1, 0.15) is 12.7 Å². The molecule has 1 saturated heterocycles. The Morgan fingerprint density at radius 2 is 1.75 bits per heavy atom. The van der Waals surface area contributed by atoms with Crippen molar-refractivity contribution in [2.45, 2.75) is 97.2 Å². The zero-order chi connectivity index (χ0) is 24.5. The van der Waals surface area contributed by atoms with Gasteiger partial charge in [0, 0.05) is 20.0 Å². The number of nitrogens with zero attached hydrogens (tertiary/aromatic N) is 1. The van der Waals surface area contributed by atoms with Gasteiger partial charge in [-0.25, -0.2) is 4.79 Å². The SMILES string of the molecule is CC(=O)O[C@H]1CCN2CC=C(COC(=O)[C@](O[Si](C)(C)C)(C(C)C)[C@H](C)O[Si](C)(C)C)[C@H]12. The van der Waals surface area contributed by atoms with Crippen LogP contribution < -0.4 is 0 Å². The third kappa shape index (κ3) is 6.53. The van der Waals surface area contributed by atoms with Crippen LogP contribution in [-0.2, 0) is 27.9 Å². The summed E-state index contributed by atoms with van der Waals surface area (Å²) in [5.41, 5.74) is -0.180. The molecule has 2 aliphatic heterocycles. The number of hydrogen-bond donors (Lipinski definition) is 0. The Kier molecular flexibility index (Phi) is 8.59. The van der Waals surface area contributed by atoms with Gasteiger partial charge in [-0.3, -0.25) is 9.69 Å². The molecular weight excluding hydrogens is 442 g/mol. The summed E-state index contributed by atoms with van der Waals surface area (Å²) in [6.07, 6.45) is 2.27. The van der Waals surface area contributed by atoms with Gasteiger partial charge < -0.3 is 18.3 Å². The van der Waals surface area contributed by atoms with E-state index in [1.165, 1.54) is 6.92 Å². The highest BCUT2D eigenvalue weighted by Crippen LogP contribution is 2.36. The van der Waals surface area contributed by atoms with E-state index in [4.69, 9.17) is 18.3 Å². The molecule has 2 aliphatic rings. The Labute approximate surface area is 196 Å². The second kappa shape index (κ2) is 10.1. The minimum Gasteiger partial charge on any atom is -0.460 e. The zero-order valence-electron chi connectivity index (χ0n) is 21.6. The molecule has 0 bridgehead atoms. The predicted octanol–water partition coefficient (Wildman–Crippen LogP) is 3.96. The minimum atomic E-state index is -2.11. The Morgan fingerprint density at radius 1 is 1.12 bits per heavy atom. The lowest BCUT2D eigenvalue weighted by molar-refractivity contribution is -0.178. The zero-order valence-corrected chi connectivity index (χ0v) is 23.6. The van der Waals surface area contributed by atoms with Gasteiger partial charge in [-0.1, -0.05) is 19.9 Å². The number of hydrogen-bond acceptors (Lipinski definition) is 7. The smallest absolute Gasteiger partial charge is 0.340 e. The Balaban J connectivity index is 2.23. The van der Waals surface area contributed by atoms with Gasteiger partial charge >= 0.3 is 11.9 Å². The highest BCUT2D eigenvalue weighted by molar-refractivity contribution is 6.70. The van der Waals surface area contributed by atoms with Crippen molar-refractivity contribution in [2.24, 2.45) is 5.92 Å². The van der Waals surface area contributed by atoms with Gasteiger partial charge in [0.15, 0.2) is 22.2 Å². The highest BCUT2D eigenvalue weighted by Gasteiger charge is 2.53. The topological polar surface area (TPSA) is 74.3 Å². The fourth-order valence-corrected chi connectivity index (χ4v) is 7.57. The molecule has 0 saturated carbocycles. The van der Waals surface area contributed by atoms with E-state index in [0.717, 1.165) is 25.1 Å². The van der Waals surface area contributed by atoms with E-state index in [9.17, 15) is 9.59 Å². The summed E-state index contributed by atoms with van der Waals surface area (Å²) in [5.74, 6) is -0.774. The monoisotopic (exact) mass is 485 g/mol. The van der Waals surface area contributed by atoms with Crippen molar-refractivity contribution in [3.8, 4) is 0 Å². The largest absolute Gasteiger partial charge is 0.460 e. The molecule has 184 valence electrons. The maximum Gasteiger partial charge on any atom is 0.340 e. The standard InChI is InChI=1S/C23H43NO6Si2/c1-16(2)23(30-32(8,9)10,17(3)29-31(5,6)7)22(26)27-15-19-11-13-24-14-12-20(21(19)24)28-18(4)25/h11,16-17,20-21H,12-15H2,1-10H3/t17-,20-,21+,23-/m0/s1. The molecule has 9 heteroatoms. The lowest BCUT2D eigenvalue weighted by Crippen LogP contribution is -2.62. The maximum atomic E-state index is 13.7. The summed E-state index contributed by atoms with van der Waals surface area (Å²) >= 11 is 0. The van der Waals surface area contributed by atoms with Crippen molar-refractivity contribution >= 4 is 28.6 Å². The molecule has 1 fully saturated rings.